The Kier molecular flexibility index (Phi) is 2.59. The molecule has 1 aromatic rings. The minimum absolute atomic E-state index is 0.296. The zero-order valence-corrected chi connectivity index (χ0v) is 11.5. The summed E-state index contributed by atoms with van der Waals surface area (Å²) in [6.07, 6.45) is 1.18. The summed E-state index contributed by atoms with van der Waals surface area (Å²) in [5.74, 6) is -0.764. The van der Waals surface area contributed by atoms with E-state index < -0.39 is 27.8 Å². The topological polar surface area (TPSA) is 61.8 Å². The van der Waals surface area contributed by atoms with Crippen molar-refractivity contribution in [1.82, 2.24) is 0 Å². The van der Waals surface area contributed by atoms with Crippen molar-refractivity contribution >= 4 is 9.84 Å². The van der Waals surface area contributed by atoms with Gasteiger partial charge in [0.05, 0.1) is 29.1 Å². The van der Waals surface area contributed by atoms with Gasteiger partial charge in [-0.15, -0.1) is 0 Å². The molecule has 4 rings (SSSR count). The third-order valence-electron chi connectivity index (χ3n) is 3.99. The quantitative estimate of drug-likeness (QED) is 0.821. The molecule has 106 valence electrons. The second kappa shape index (κ2) is 4.14. The van der Waals surface area contributed by atoms with Gasteiger partial charge in [-0.2, -0.15) is 0 Å². The zero-order chi connectivity index (χ0) is 13.8. The smallest absolute Gasteiger partial charge is 0.205 e. The molecular weight excluding hydrogens is 280 g/mol. The third-order valence-corrected chi connectivity index (χ3v) is 5.90. The predicted molar refractivity (Wildman–Crippen MR) is 69.6 cm³/mol. The molecule has 20 heavy (non-hydrogen) atoms. The van der Waals surface area contributed by atoms with Crippen LogP contribution in [-0.4, -0.2) is 39.6 Å². The molecule has 3 aliphatic rings. The van der Waals surface area contributed by atoms with E-state index in [9.17, 15) is 8.42 Å². The number of rotatable bonds is 2. The minimum Gasteiger partial charge on any atom is -0.360 e. The SMILES string of the molecule is O=S(=O)(C1=C[C@@H]2O[C@H]1CC21OCCO1)c1ccccc1. The van der Waals surface area contributed by atoms with Gasteiger partial charge in [-0.3, -0.25) is 0 Å². The van der Waals surface area contributed by atoms with Crippen LogP contribution < -0.4 is 0 Å². The molecule has 2 fully saturated rings. The Morgan fingerprint density at radius 2 is 1.80 bits per heavy atom. The largest absolute Gasteiger partial charge is 0.360 e. The summed E-state index contributed by atoms with van der Waals surface area (Å²) in [6, 6.07) is 8.42. The molecule has 0 aromatic heterocycles. The second-order valence-corrected chi connectivity index (χ2v) is 7.09. The summed E-state index contributed by atoms with van der Waals surface area (Å²) in [5, 5.41) is 0. The maximum Gasteiger partial charge on any atom is 0.205 e. The van der Waals surface area contributed by atoms with E-state index in [0.29, 0.717) is 29.4 Å². The van der Waals surface area contributed by atoms with Crippen LogP contribution in [0.5, 0.6) is 0 Å². The fourth-order valence-corrected chi connectivity index (χ4v) is 4.62. The van der Waals surface area contributed by atoms with E-state index in [4.69, 9.17) is 14.2 Å². The molecule has 0 radical (unpaired) electrons. The highest BCUT2D eigenvalue weighted by Crippen LogP contribution is 2.48. The highest BCUT2D eigenvalue weighted by atomic mass is 32.2. The van der Waals surface area contributed by atoms with Gasteiger partial charge < -0.3 is 14.2 Å². The first-order valence-electron chi connectivity index (χ1n) is 6.57. The van der Waals surface area contributed by atoms with E-state index in [2.05, 4.69) is 0 Å². The normalized spacial score (nSPS) is 30.9. The molecule has 0 amide bonds. The van der Waals surface area contributed by atoms with Crippen molar-refractivity contribution in [3.63, 3.8) is 0 Å². The molecule has 3 heterocycles. The molecule has 0 saturated carbocycles. The summed E-state index contributed by atoms with van der Waals surface area (Å²) in [4.78, 5) is 0.628. The number of fused-ring (bicyclic) bond motifs is 3. The van der Waals surface area contributed by atoms with Gasteiger partial charge in [-0.05, 0) is 18.2 Å². The number of hydrogen-bond donors (Lipinski definition) is 0. The van der Waals surface area contributed by atoms with E-state index in [0.717, 1.165) is 0 Å². The van der Waals surface area contributed by atoms with Crippen LogP contribution in [0.1, 0.15) is 6.42 Å². The van der Waals surface area contributed by atoms with E-state index in [1.165, 1.54) is 0 Å². The maximum atomic E-state index is 12.6. The van der Waals surface area contributed by atoms with E-state index in [1.54, 1.807) is 36.4 Å². The van der Waals surface area contributed by atoms with Crippen molar-refractivity contribution in [2.75, 3.05) is 13.2 Å². The fourth-order valence-electron chi connectivity index (χ4n) is 3.04. The zero-order valence-electron chi connectivity index (χ0n) is 10.7. The van der Waals surface area contributed by atoms with Gasteiger partial charge in [-0.25, -0.2) is 8.42 Å². The molecule has 1 aromatic carbocycles. The van der Waals surface area contributed by atoms with Crippen LogP contribution in [-0.2, 0) is 24.0 Å². The van der Waals surface area contributed by atoms with Gasteiger partial charge in [0.15, 0.2) is 0 Å². The Morgan fingerprint density at radius 3 is 2.40 bits per heavy atom. The maximum absolute atomic E-state index is 12.6. The highest BCUT2D eigenvalue weighted by molar-refractivity contribution is 7.95. The van der Waals surface area contributed by atoms with Gasteiger partial charge in [0.2, 0.25) is 15.6 Å². The molecule has 2 bridgehead atoms. The Hall–Kier alpha value is -1.21. The van der Waals surface area contributed by atoms with Crippen molar-refractivity contribution in [2.24, 2.45) is 0 Å². The molecule has 3 aliphatic heterocycles. The van der Waals surface area contributed by atoms with Gasteiger partial charge in [0, 0.05) is 6.42 Å². The van der Waals surface area contributed by atoms with E-state index >= 15 is 0 Å². The molecule has 0 N–H and O–H groups in total. The highest BCUT2D eigenvalue weighted by Gasteiger charge is 2.58. The molecule has 6 heteroatoms. The third kappa shape index (κ3) is 1.62. The first-order valence-corrected chi connectivity index (χ1v) is 8.05. The van der Waals surface area contributed by atoms with Crippen LogP contribution in [0.2, 0.25) is 0 Å². The lowest BCUT2D eigenvalue weighted by Crippen LogP contribution is -2.40. The lowest BCUT2D eigenvalue weighted by Gasteiger charge is -2.27. The summed E-state index contributed by atoms with van der Waals surface area (Å²) in [6.45, 7) is 1.06. The van der Waals surface area contributed by atoms with Gasteiger partial charge in [-0.1, -0.05) is 18.2 Å². The molecule has 0 unspecified atom stereocenters. The second-order valence-electron chi connectivity index (χ2n) is 5.14. The molecule has 5 nitrogen and oxygen atoms in total. The van der Waals surface area contributed by atoms with Crippen molar-refractivity contribution in [3.05, 3.63) is 41.3 Å². The summed E-state index contributed by atoms with van der Waals surface area (Å²) >= 11 is 0. The van der Waals surface area contributed by atoms with Crippen LogP contribution in [0.15, 0.2) is 46.2 Å². The minimum atomic E-state index is -3.49. The van der Waals surface area contributed by atoms with Crippen LogP contribution in [0.4, 0.5) is 0 Å². The summed E-state index contributed by atoms with van der Waals surface area (Å²) in [7, 11) is -3.49. The lowest BCUT2D eigenvalue weighted by atomic mass is 10.0. The lowest BCUT2D eigenvalue weighted by molar-refractivity contribution is -0.175. The van der Waals surface area contributed by atoms with Crippen molar-refractivity contribution in [2.45, 2.75) is 29.3 Å². The first-order chi connectivity index (χ1) is 9.62. The van der Waals surface area contributed by atoms with Crippen LogP contribution in [0.25, 0.3) is 0 Å². The average Bonchev–Trinajstić information content (AvgIpc) is 3.16. The van der Waals surface area contributed by atoms with Crippen LogP contribution >= 0.6 is 0 Å². The number of sulfone groups is 1. The predicted octanol–water partition coefficient (Wildman–Crippen LogP) is 1.26. The van der Waals surface area contributed by atoms with Crippen LogP contribution in [0, 0.1) is 0 Å². The average molecular weight is 294 g/mol. The fraction of sp³-hybridized carbons (Fsp3) is 0.429. The van der Waals surface area contributed by atoms with Gasteiger partial charge >= 0.3 is 0 Å². The van der Waals surface area contributed by atoms with E-state index in [1.807, 2.05) is 0 Å². The van der Waals surface area contributed by atoms with Crippen molar-refractivity contribution in [3.8, 4) is 0 Å². The van der Waals surface area contributed by atoms with Gasteiger partial charge in [0.1, 0.15) is 6.10 Å². The van der Waals surface area contributed by atoms with Gasteiger partial charge in [0.25, 0.3) is 0 Å². The van der Waals surface area contributed by atoms with Crippen molar-refractivity contribution in [1.29, 1.82) is 0 Å². The first kappa shape index (κ1) is 12.5. The molecule has 2 saturated heterocycles. The Balaban J connectivity index is 1.71. The monoisotopic (exact) mass is 294 g/mol. The summed E-state index contributed by atoms with van der Waals surface area (Å²) in [5.41, 5.74) is 0. The Bertz CT molecular complexity index is 658. The molecule has 1 spiro atoms. The number of hydrogen-bond acceptors (Lipinski definition) is 5. The molecule has 0 aliphatic carbocycles. The Labute approximate surface area is 117 Å². The molecular formula is C14H14O5S. The van der Waals surface area contributed by atoms with Crippen LogP contribution in [0.3, 0.4) is 0 Å². The molecule has 2 atom stereocenters. The van der Waals surface area contributed by atoms with E-state index in [-0.39, 0.29) is 0 Å². The van der Waals surface area contributed by atoms with Crippen molar-refractivity contribution < 1.29 is 22.6 Å². The number of ether oxygens (including phenoxy) is 3. The summed E-state index contributed by atoms with van der Waals surface area (Å²) < 4.78 is 42.1. The standard InChI is InChI=1S/C14H14O5S/c15-20(16,10-4-2-1-3-5-10)12-8-13-14(9-11(12)19-13)17-6-7-18-14/h1-5,8,11,13H,6-7,9H2/t11-,13-/m0/s1. The Morgan fingerprint density at radius 1 is 1.10 bits per heavy atom. The number of benzene rings is 1.